The van der Waals surface area contributed by atoms with E-state index in [2.05, 4.69) is 26.1 Å². The van der Waals surface area contributed by atoms with E-state index in [1.165, 1.54) is 0 Å². The minimum Gasteiger partial charge on any atom is -0.493 e. The molecule has 23 heavy (non-hydrogen) atoms. The molecule has 0 unspecified atom stereocenters. The third-order valence-electron chi connectivity index (χ3n) is 4.25. The maximum Gasteiger partial charge on any atom is 0.253 e. The molecule has 0 saturated carbocycles. The highest BCUT2D eigenvalue weighted by atomic mass is 16.5. The monoisotopic (exact) mass is 318 g/mol. The number of likely N-dealkylation sites (tertiary alicyclic amines) is 1. The topological polar surface area (TPSA) is 41.6 Å². The molecule has 1 aliphatic rings. The van der Waals surface area contributed by atoms with Crippen molar-refractivity contribution in [3.05, 3.63) is 29.8 Å². The Labute approximate surface area is 140 Å². The molecule has 4 heteroatoms. The molecule has 4 nitrogen and oxygen atoms in total. The molecule has 128 valence electrons. The Morgan fingerprint density at radius 3 is 2.74 bits per heavy atom. The zero-order valence-electron chi connectivity index (χ0n) is 14.7. The number of hydrogen-bond donors (Lipinski definition) is 1. The van der Waals surface area contributed by atoms with Gasteiger partial charge in [-0.05, 0) is 56.0 Å². The summed E-state index contributed by atoms with van der Waals surface area (Å²) in [5, 5.41) is 3.40. The Kier molecular flexibility index (Phi) is 6.90. The molecular formula is C19H30N2O2. The molecule has 1 fully saturated rings. The molecule has 0 aliphatic carbocycles. The maximum absolute atomic E-state index is 12.7. The number of nitrogens with zero attached hydrogens (tertiary/aromatic N) is 1. The summed E-state index contributed by atoms with van der Waals surface area (Å²) < 4.78 is 5.73. The second-order valence-electron chi connectivity index (χ2n) is 6.78. The first-order chi connectivity index (χ1) is 11.1. The predicted octanol–water partition coefficient (Wildman–Crippen LogP) is 3.18. The summed E-state index contributed by atoms with van der Waals surface area (Å²) in [6, 6.07) is 7.58. The lowest BCUT2D eigenvalue weighted by atomic mass is 9.96. The second-order valence-corrected chi connectivity index (χ2v) is 6.78. The fraction of sp³-hybridized carbons (Fsp3) is 0.632. The van der Waals surface area contributed by atoms with Gasteiger partial charge < -0.3 is 15.0 Å². The van der Waals surface area contributed by atoms with Crippen LogP contribution in [-0.2, 0) is 0 Å². The van der Waals surface area contributed by atoms with Gasteiger partial charge in [-0.2, -0.15) is 0 Å². The van der Waals surface area contributed by atoms with Crippen LogP contribution in [-0.4, -0.2) is 43.6 Å². The van der Waals surface area contributed by atoms with Crippen LogP contribution in [0.5, 0.6) is 5.75 Å². The molecule has 1 saturated heterocycles. The van der Waals surface area contributed by atoms with Gasteiger partial charge in [-0.15, -0.1) is 0 Å². The second kappa shape index (κ2) is 8.92. The van der Waals surface area contributed by atoms with Crippen LogP contribution in [0.3, 0.4) is 0 Å². The molecule has 0 spiro atoms. The highest BCUT2D eigenvalue weighted by molar-refractivity contribution is 5.94. The Hall–Kier alpha value is -1.55. The molecular weight excluding hydrogens is 288 g/mol. The van der Waals surface area contributed by atoms with E-state index in [4.69, 9.17) is 4.74 Å². The largest absolute Gasteiger partial charge is 0.493 e. The fourth-order valence-electron chi connectivity index (χ4n) is 2.85. The highest BCUT2D eigenvalue weighted by Gasteiger charge is 2.23. The van der Waals surface area contributed by atoms with E-state index in [-0.39, 0.29) is 5.91 Å². The average molecular weight is 318 g/mol. The zero-order chi connectivity index (χ0) is 16.7. The number of ether oxygens (including phenoxy) is 1. The number of nitrogens with one attached hydrogen (secondary N) is 1. The Morgan fingerprint density at radius 1 is 1.35 bits per heavy atom. The molecule has 0 radical (unpaired) electrons. The summed E-state index contributed by atoms with van der Waals surface area (Å²) >= 11 is 0. The van der Waals surface area contributed by atoms with Gasteiger partial charge in [0.15, 0.2) is 0 Å². The van der Waals surface area contributed by atoms with Crippen molar-refractivity contribution >= 4 is 5.91 Å². The fourth-order valence-corrected chi connectivity index (χ4v) is 2.85. The van der Waals surface area contributed by atoms with Crippen molar-refractivity contribution in [3.63, 3.8) is 0 Å². The van der Waals surface area contributed by atoms with Crippen molar-refractivity contribution in [1.29, 1.82) is 0 Å². The van der Waals surface area contributed by atoms with Crippen LogP contribution < -0.4 is 10.1 Å². The quantitative estimate of drug-likeness (QED) is 0.839. The van der Waals surface area contributed by atoms with Crippen LogP contribution in [0.1, 0.15) is 44.0 Å². The number of piperidine rings is 1. The van der Waals surface area contributed by atoms with Crippen LogP contribution in [0.15, 0.2) is 24.3 Å². The van der Waals surface area contributed by atoms with Crippen LogP contribution in [0.2, 0.25) is 0 Å². The van der Waals surface area contributed by atoms with Gasteiger partial charge in [-0.1, -0.05) is 26.8 Å². The van der Waals surface area contributed by atoms with Crippen LogP contribution in [0.4, 0.5) is 0 Å². The summed E-state index contributed by atoms with van der Waals surface area (Å²) in [6.07, 6.45) is 2.17. The molecule has 2 rings (SSSR count). The van der Waals surface area contributed by atoms with Gasteiger partial charge in [0.2, 0.25) is 0 Å². The number of carbonyl (C=O) groups excluding carboxylic acids is 1. The van der Waals surface area contributed by atoms with Crippen molar-refractivity contribution in [2.45, 2.75) is 33.6 Å². The molecule has 1 amide bonds. The van der Waals surface area contributed by atoms with Crippen molar-refractivity contribution in [1.82, 2.24) is 10.2 Å². The first kappa shape index (κ1) is 17.8. The van der Waals surface area contributed by atoms with Crippen LogP contribution >= 0.6 is 0 Å². The number of rotatable bonds is 7. The predicted molar refractivity (Wildman–Crippen MR) is 93.9 cm³/mol. The smallest absolute Gasteiger partial charge is 0.253 e. The maximum atomic E-state index is 12.7. The van der Waals surface area contributed by atoms with Gasteiger partial charge in [-0.25, -0.2) is 0 Å². The van der Waals surface area contributed by atoms with Crippen molar-refractivity contribution in [2.24, 2.45) is 11.8 Å². The van der Waals surface area contributed by atoms with Gasteiger partial charge in [0.05, 0.1) is 6.61 Å². The summed E-state index contributed by atoms with van der Waals surface area (Å²) in [7, 11) is 0. The van der Waals surface area contributed by atoms with Gasteiger partial charge in [0.1, 0.15) is 5.75 Å². The summed E-state index contributed by atoms with van der Waals surface area (Å²) in [4.78, 5) is 14.6. The summed E-state index contributed by atoms with van der Waals surface area (Å²) in [6.45, 7) is 10.8. The van der Waals surface area contributed by atoms with Gasteiger partial charge in [0, 0.05) is 18.7 Å². The standard InChI is InChI=1S/C19H30N2O2/c1-4-20-13-16-8-10-21(11-9-16)19(22)17-6-5-7-18(12-17)23-14-15(2)3/h5-7,12,15-16,20H,4,8-11,13-14H2,1-3H3. The van der Waals surface area contributed by atoms with Crippen molar-refractivity contribution in [2.75, 3.05) is 32.8 Å². The van der Waals surface area contributed by atoms with E-state index in [0.29, 0.717) is 18.4 Å². The number of benzene rings is 1. The molecule has 1 aromatic rings. The highest BCUT2D eigenvalue weighted by Crippen LogP contribution is 2.20. The van der Waals surface area contributed by atoms with Crippen LogP contribution in [0.25, 0.3) is 0 Å². The van der Waals surface area contributed by atoms with Crippen molar-refractivity contribution < 1.29 is 9.53 Å². The minimum absolute atomic E-state index is 0.127. The number of amides is 1. The van der Waals surface area contributed by atoms with Gasteiger partial charge in [0.25, 0.3) is 5.91 Å². The summed E-state index contributed by atoms with van der Waals surface area (Å²) in [5.74, 6) is 2.08. The Balaban J connectivity index is 1.89. The lowest BCUT2D eigenvalue weighted by Gasteiger charge is -2.32. The SMILES string of the molecule is CCNCC1CCN(C(=O)c2cccc(OCC(C)C)c2)CC1. The molecule has 0 atom stereocenters. The van der Waals surface area contributed by atoms with Crippen LogP contribution in [0, 0.1) is 11.8 Å². The lowest BCUT2D eigenvalue weighted by molar-refractivity contribution is 0.0690. The molecule has 1 aliphatic heterocycles. The molecule has 1 heterocycles. The Morgan fingerprint density at radius 2 is 2.09 bits per heavy atom. The average Bonchev–Trinajstić information content (AvgIpc) is 2.58. The summed E-state index contributed by atoms with van der Waals surface area (Å²) in [5.41, 5.74) is 0.733. The first-order valence-corrected chi connectivity index (χ1v) is 8.83. The third-order valence-corrected chi connectivity index (χ3v) is 4.25. The number of hydrogen-bond acceptors (Lipinski definition) is 3. The van der Waals surface area contributed by atoms with E-state index in [1.807, 2.05) is 29.2 Å². The first-order valence-electron chi connectivity index (χ1n) is 8.83. The molecule has 0 aromatic heterocycles. The van der Waals surface area contributed by atoms with E-state index in [1.54, 1.807) is 0 Å². The molecule has 1 N–H and O–H groups in total. The lowest BCUT2D eigenvalue weighted by Crippen LogP contribution is -2.40. The Bertz CT molecular complexity index is 494. The zero-order valence-corrected chi connectivity index (χ0v) is 14.7. The van der Waals surface area contributed by atoms with E-state index in [0.717, 1.165) is 50.3 Å². The van der Waals surface area contributed by atoms with E-state index < -0.39 is 0 Å². The van der Waals surface area contributed by atoms with Gasteiger partial charge >= 0.3 is 0 Å². The van der Waals surface area contributed by atoms with E-state index >= 15 is 0 Å². The molecule has 1 aromatic carbocycles. The minimum atomic E-state index is 0.127. The van der Waals surface area contributed by atoms with E-state index in [9.17, 15) is 4.79 Å². The molecule has 0 bridgehead atoms. The van der Waals surface area contributed by atoms with Crippen molar-refractivity contribution in [3.8, 4) is 5.75 Å². The van der Waals surface area contributed by atoms with Gasteiger partial charge in [-0.3, -0.25) is 4.79 Å². The normalized spacial score (nSPS) is 15.9. The number of carbonyl (C=O) groups is 1. The third kappa shape index (κ3) is 5.54.